The van der Waals surface area contributed by atoms with Crippen LogP contribution in [0.5, 0.6) is 0 Å². The maximum absolute atomic E-state index is 11.0. The van der Waals surface area contributed by atoms with Crippen molar-refractivity contribution in [1.82, 2.24) is 4.98 Å². The SMILES string of the molecule is Cc1ccc([N+](=O)[O-])c(NCC2(CO)CCCC2)n1. The fourth-order valence-electron chi connectivity index (χ4n) is 2.61. The van der Waals surface area contributed by atoms with E-state index in [0.717, 1.165) is 31.4 Å². The van der Waals surface area contributed by atoms with E-state index in [-0.39, 0.29) is 17.7 Å². The Morgan fingerprint density at radius 3 is 2.74 bits per heavy atom. The van der Waals surface area contributed by atoms with E-state index in [2.05, 4.69) is 10.3 Å². The van der Waals surface area contributed by atoms with Gasteiger partial charge >= 0.3 is 5.69 Å². The van der Waals surface area contributed by atoms with Crippen molar-refractivity contribution in [3.63, 3.8) is 0 Å². The van der Waals surface area contributed by atoms with Crippen LogP contribution < -0.4 is 5.32 Å². The number of aryl methyl sites for hydroxylation is 1. The van der Waals surface area contributed by atoms with E-state index >= 15 is 0 Å². The van der Waals surface area contributed by atoms with E-state index in [1.807, 2.05) is 0 Å². The zero-order chi connectivity index (χ0) is 13.9. The second-order valence-electron chi connectivity index (χ2n) is 5.30. The Hall–Kier alpha value is -1.69. The average Bonchev–Trinajstić information content (AvgIpc) is 2.85. The van der Waals surface area contributed by atoms with Gasteiger partial charge in [0, 0.05) is 23.7 Å². The molecule has 0 unspecified atom stereocenters. The summed E-state index contributed by atoms with van der Waals surface area (Å²) in [7, 11) is 0. The van der Waals surface area contributed by atoms with Gasteiger partial charge in [-0.25, -0.2) is 4.98 Å². The summed E-state index contributed by atoms with van der Waals surface area (Å²) in [6.45, 7) is 2.44. The molecule has 6 nitrogen and oxygen atoms in total. The number of pyridine rings is 1. The molecule has 0 spiro atoms. The summed E-state index contributed by atoms with van der Waals surface area (Å²) in [6, 6.07) is 3.09. The van der Waals surface area contributed by atoms with Crippen LogP contribution in [0.4, 0.5) is 11.5 Å². The predicted molar refractivity (Wildman–Crippen MR) is 72.1 cm³/mol. The minimum atomic E-state index is -0.435. The van der Waals surface area contributed by atoms with Crippen molar-refractivity contribution in [3.8, 4) is 0 Å². The Morgan fingerprint density at radius 2 is 2.16 bits per heavy atom. The molecule has 1 aliphatic carbocycles. The highest BCUT2D eigenvalue weighted by Crippen LogP contribution is 2.38. The third-order valence-electron chi connectivity index (χ3n) is 3.84. The van der Waals surface area contributed by atoms with Crippen LogP contribution in [0.1, 0.15) is 31.4 Å². The zero-order valence-corrected chi connectivity index (χ0v) is 11.1. The fraction of sp³-hybridized carbons (Fsp3) is 0.615. The molecule has 1 fully saturated rings. The van der Waals surface area contributed by atoms with Crippen molar-refractivity contribution in [2.45, 2.75) is 32.6 Å². The van der Waals surface area contributed by atoms with Crippen LogP contribution in [0.2, 0.25) is 0 Å². The summed E-state index contributed by atoms with van der Waals surface area (Å²) in [4.78, 5) is 14.7. The quantitative estimate of drug-likeness (QED) is 0.629. The number of nitrogens with zero attached hydrogens (tertiary/aromatic N) is 2. The van der Waals surface area contributed by atoms with Crippen LogP contribution in [0, 0.1) is 22.5 Å². The maximum Gasteiger partial charge on any atom is 0.311 e. The van der Waals surface area contributed by atoms with E-state index < -0.39 is 4.92 Å². The zero-order valence-electron chi connectivity index (χ0n) is 11.1. The smallest absolute Gasteiger partial charge is 0.311 e. The summed E-state index contributed by atoms with van der Waals surface area (Å²) in [5.41, 5.74) is 0.563. The Labute approximate surface area is 112 Å². The Balaban J connectivity index is 2.14. The summed E-state index contributed by atoms with van der Waals surface area (Å²) in [5.74, 6) is 0.296. The van der Waals surface area contributed by atoms with Gasteiger partial charge in [0.1, 0.15) is 0 Å². The molecule has 0 aromatic carbocycles. The number of anilines is 1. The Bertz CT molecular complexity index is 470. The predicted octanol–water partition coefficient (Wildman–Crippen LogP) is 2.26. The third kappa shape index (κ3) is 3.01. The van der Waals surface area contributed by atoms with Crippen LogP contribution in [-0.4, -0.2) is 28.2 Å². The first-order valence-corrected chi connectivity index (χ1v) is 6.53. The molecule has 0 aliphatic heterocycles. The van der Waals surface area contributed by atoms with Crippen molar-refractivity contribution in [2.75, 3.05) is 18.5 Å². The fourth-order valence-corrected chi connectivity index (χ4v) is 2.61. The molecule has 0 amide bonds. The molecular formula is C13H19N3O3. The number of aliphatic hydroxyl groups is 1. The van der Waals surface area contributed by atoms with Gasteiger partial charge in [-0.2, -0.15) is 0 Å². The Kier molecular flexibility index (Phi) is 3.99. The van der Waals surface area contributed by atoms with E-state index in [9.17, 15) is 15.2 Å². The summed E-state index contributed by atoms with van der Waals surface area (Å²) >= 11 is 0. The van der Waals surface area contributed by atoms with E-state index in [0.29, 0.717) is 12.4 Å². The first kappa shape index (κ1) is 13.7. The number of hydrogen-bond acceptors (Lipinski definition) is 5. The lowest BCUT2D eigenvalue weighted by atomic mass is 9.87. The molecule has 19 heavy (non-hydrogen) atoms. The number of aromatic nitrogens is 1. The molecule has 1 aliphatic rings. The second kappa shape index (κ2) is 5.52. The lowest BCUT2D eigenvalue weighted by Gasteiger charge is -2.26. The van der Waals surface area contributed by atoms with Gasteiger partial charge in [-0.1, -0.05) is 12.8 Å². The van der Waals surface area contributed by atoms with Gasteiger partial charge in [-0.05, 0) is 25.8 Å². The van der Waals surface area contributed by atoms with Gasteiger partial charge in [0.25, 0.3) is 0 Å². The number of aliphatic hydroxyl groups excluding tert-OH is 1. The third-order valence-corrected chi connectivity index (χ3v) is 3.84. The standard InChI is InChI=1S/C13H19N3O3/c1-10-4-5-11(16(18)19)12(15-10)14-8-13(9-17)6-2-3-7-13/h4-5,17H,2-3,6-9H2,1H3,(H,14,15). The van der Waals surface area contributed by atoms with Gasteiger partial charge in [-0.15, -0.1) is 0 Å². The summed E-state index contributed by atoms with van der Waals surface area (Å²) in [5, 5.41) is 23.5. The van der Waals surface area contributed by atoms with Gasteiger partial charge < -0.3 is 10.4 Å². The first-order chi connectivity index (χ1) is 9.06. The van der Waals surface area contributed by atoms with Crippen molar-refractivity contribution in [3.05, 3.63) is 27.9 Å². The largest absolute Gasteiger partial charge is 0.396 e. The van der Waals surface area contributed by atoms with Crippen LogP contribution >= 0.6 is 0 Å². The van der Waals surface area contributed by atoms with Gasteiger partial charge in [-0.3, -0.25) is 10.1 Å². The highest BCUT2D eigenvalue weighted by atomic mass is 16.6. The normalized spacial score (nSPS) is 17.4. The minimum absolute atomic E-state index is 0.0170. The molecule has 1 aromatic heterocycles. The van der Waals surface area contributed by atoms with E-state index in [1.165, 1.54) is 6.07 Å². The van der Waals surface area contributed by atoms with Crippen molar-refractivity contribution < 1.29 is 10.0 Å². The Morgan fingerprint density at radius 1 is 1.47 bits per heavy atom. The molecule has 0 radical (unpaired) electrons. The van der Waals surface area contributed by atoms with Crippen LogP contribution in [0.25, 0.3) is 0 Å². The molecule has 2 N–H and O–H groups in total. The molecule has 6 heteroatoms. The van der Waals surface area contributed by atoms with Crippen LogP contribution in [0.15, 0.2) is 12.1 Å². The molecular weight excluding hydrogens is 246 g/mol. The van der Waals surface area contributed by atoms with Gasteiger partial charge in [0.2, 0.25) is 5.82 Å². The number of nitrogens with one attached hydrogen (secondary N) is 1. The second-order valence-corrected chi connectivity index (χ2v) is 5.30. The molecule has 0 atom stereocenters. The molecule has 2 rings (SSSR count). The molecule has 0 bridgehead atoms. The molecule has 1 saturated carbocycles. The van der Waals surface area contributed by atoms with Crippen molar-refractivity contribution >= 4 is 11.5 Å². The highest BCUT2D eigenvalue weighted by Gasteiger charge is 2.33. The highest BCUT2D eigenvalue weighted by molar-refractivity contribution is 5.56. The van der Waals surface area contributed by atoms with E-state index in [4.69, 9.17) is 0 Å². The lowest BCUT2D eigenvalue weighted by molar-refractivity contribution is -0.384. The van der Waals surface area contributed by atoms with Gasteiger partial charge in [0.15, 0.2) is 0 Å². The molecule has 1 aromatic rings. The van der Waals surface area contributed by atoms with E-state index in [1.54, 1.807) is 13.0 Å². The van der Waals surface area contributed by atoms with Crippen molar-refractivity contribution in [2.24, 2.45) is 5.41 Å². The van der Waals surface area contributed by atoms with Crippen LogP contribution in [0.3, 0.4) is 0 Å². The number of hydrogen-bond donors (Lipinski definition) is 2. The van der Waals surface area contributed by atoms with Crippen LogP contribution in [-0.2, 0) is 0 Å². The number of nitro groups is 1. The minimum Gasteiger partial charge on any atom is -0.396 e. The number of rotatable bonds is 5. The molecule has 0 saturated heterocycles. The monoisotopic (exact) mass is 265 g/mol. The average molecular weight is 265 g/mol. The van der Waals surface area contributed by atoms with Crippen molar-refractivity contribution in [1.29, 1.82) is 0 Å². The molecule has 104 valence electrons. The lowest BCUT2D eigenvalue weighted by Crippen LogP contribution is -2.31. The first-order valence-electron chi connectivity index (χ1n) is 6.53. The topological polar surface area (TPSA) is 88.3 Å². The van der Waals surface area contributed by atoms with Gasteiger partial charge in [0.05, 0.1) is 11.5 Å². The summed E-state index contributed by atoms with van der Waals surface area (Å²) < 4.78 is 0. The maximum atomic E-state index is 11.0. The molecule has 1 heterocycles. The summed E-state index contributed by atoms with van der Waals surface area (Å²) in [6.07, 6.45) is 4.11.